The number of nitrogens with two attached hydrogens (primary N) is 2. The maximum absolute atomic E-state index is 12.7. The van der Waals surface area contributed by atoms with Crippen LogP contribution in [0.2, 0.25) is 0 Å². The molecule has 172 valence electrons. The second kappa shape index (κ2) is 8.97. The molecule has 2 heterocycles. The van der Waals surface area contributed by atoms with Crippen molar-refractivity contribution in [1.29, 1.82) is 0 Å². The Morgan fingerprint density at radius 3 is 1.52 bits per heavy atom. The van der Waals surface area contributed by atoms with Crippen molar-refractivity contribution in [2.75, 3.05) is 20.9 Å². The van der Waals surface area contributed by atoms with Crippen molar-refractivity contribution in [3.63, 3.8) is 0 Å². The molecule has 0 saturated carbocycles. The van der Waals surface area contributed by atoms with Crippen LogP contribution in [0, 0.1) is 0 Å². The molecule has 4 aromatic rings. The zero-order valence-electron chi connectivity index (χ0n) is 16.8. The van der Waals surface area contributed by atoms with E-state index in [-0.39, 0.29) is 26.5 Å². The van der Waals surface area contributed by atoms with Gasteiger partial charge in [0, 0.05) is 40.9 Å². The third kappa shape index (κ3) is 5.24. The molecule has 0 bridgehead atoms. The van der Waals surface area contributed by atoms with E-state index in [2.05, 4.69) is 19.4 Å². The number of nitrogens with one attached hydrogen (secondary N) is 2. The molecule has 0 aliphatic rings. The number of benzene rings is 2. The highest BCUT2D eigenvalue weighted by Gasteiger charge is 2.20. The van der Waals surface area contributed by atoms with Gasteiger partial charge in [-0.15, -0.1) is 22.7 Å². The summed E-state index contributed by atoms with van der Waals surface area (Å²) in [5.41, 5.74) is 13.8. The lowest BCUT2D eigenvalue weighted by molar-refractivity contribution is 0.599. The summed E-state index contributed by atoms with van der Waals surface area (Å²) in [7, 11) is -7.77. The lowest BCUT2D eigenvalue weighted by atomic mass is 10.0. The molecule has 0 unspecified atom stereocenters. The van der Waals surface area contributed by atoms with Gasteiger partial charge in [-0.1, -0.05) is 0 Å². The lowest BCUT2D eigenvalue weighted by Gasteiger charge is -2.13. The zero-order valence-corrected chi connectivity index (χ0v) is 20.1. The van der Waals surface area contributed by atoms with Crippen molar-refractivity contribution < 1.29 is 16.8 Å². The molecule has 4 rings (SSSR count). The fourth-order valence-corrected chi connectivity index (χ4v) is 6.58. The number of rotatable bonds is 8. The summed E-state index contributed by atoms with van der Waals surface area (Å²) < 4.78 is 55.7. The average molecular weight is 523 g/mol. The quantitative estimate of drug-likeness (QED) is 0.256. The minimum Gasteiger partial charge on any atom is -0.398 e. The maximum atomic E-state index is 12.7. The van der Waals surface area contributed by atoms with Crippen LogP contribution in [0.15, 0.2) is 69.3 Å². The Kier molecular flexibility index (Phi) is 6.25. The SMILES string of the molecule is Nc1ccc(S(=O)(=O)Nc2nccs2)cc1Cc1cc(S(=O)(=O)Nc2nccs2)ccc1N. The van der Waals surface area contributed by atoms with Gasteiger partial charge in [-0.3, -0.25) is 9.44 Å². The fourth-order valence-electron chi connectivity index (χ4n) is 2.91. The van der Waals surface area contributed by atoms with Crippen molar-refractivity contribution in [3.05, 3.63) is 70.7 Å². The van der Waals surface area contributed by atoms with Gasteiger partial charge in [0.2, 0.25) is 0 Å². The number of hydrogen-bond acceptors (Lipinski definition) is 10. The predicted molar refractivity (Wildman–Crippen MR) is 130 cm³/mol. The molecule has 0 radical (unpaired) electrons. The second-order valence-corrected chi connectivity index (χ2v) is 11.9. The first-order valence-electron chi connectivity index (χ1n) is 9.25. The van der Waals surface area contributed by atoms with Crippen LogP contribution in [0.5, 0.6) is 0 Å². The molecule has 2 aromatic heterocycles. The third-order valence-electron chi connectivity index (χ3n) is 4.54. The van der Waals surface area contributed by atoms with E-state index in [1.165, 1.54) is 48.8 Å². The molecular formula is C19H18N6O4S4. The number of anilines is 4. The molecule has 10 nitrogen and oxygen atoms in total. The van der Waals surface area contributed by atoms with Crippen LogP contribution in [-0.2, 0) is 26.5 Å². The molecule has 0 amide bonds. The van der Waals surface area contributed by atoms with Gasteiger partial charge in [0.05, 0.1) is 9.79 Å². The Morgan fingerprint density at radius 2 is 1.15 bits per heavy atom. The largest absolute Gasteiger partial charge is 0.398 e. The lowest BCUT2D eigenvalue weighted by Crippen LogP contribution is -2.14. The molecule has 0 spiro atoms. The summed E-state index contributed by atoms with van der Waals surface area (Å²) in [4.78, 5) is 7.84. The van der Waals surface area contributed by atoms with Crippen molar-refractivity contribution >= 4 is 64.4 Å². The smallest absolute Gasteiger partial charge is 0.263 e. The van der Waals surface area contributed by atoms with Gasteiger partial charge in [-0.2, -0.15) is 0 Å². The summed E-state index contributed by atoms with van der Waals surface area (Å²) in [5, 5.41) is 3.78. The van der Waals surface area contributed by atoms with Crippen molar-refractivity contribution in [2.24, 2.45) is 0 Å². The number of thiazole rings is 2. The number of aromatic nitrogens is 2. The second-order valence-electron chi connectivity index (χ2n) is 6.78. The summed E-state index contributed by atoms with van der Waals surface area (Å²) >= 11 is 2.30. The highest BCUT2D eigenvalue weighted by Crippen LogP contribution is 2.27. The van der Waals surface area contributed by atoms with Gasteiger partial charge >= 0.3 is 0 Å². The minimum absolute atomic E-state index is 0.00492. The summed E-state index contributed by atoms with van der Waals surface area (Å²) in [6, 6.07) is 8.59. The Labute approximate surface area is 198 Å². The summed E-state index contributed by atoms with van der Waals surface area (Å²) in [6.07, 6.45) is 3.10. The Hall–Kier alpha value is -3.20. The summed E-state index contributed by atoms with van der Waals surface area (Å²) in [5.74, 6) is 0. The summed E-state index contributed by atoms with van der Waals surface area (Å²) in [6.45, 7) is 0. The Balaban J connectivity index is 1.64. The molecule has 0 fully saturated rings. The van der Waals surface area contributed by atoms with Crippen LogP contribution in [0.3, 0.4) is 0 Å². The zero-order chi connectivity index (χ0) is 23.6. The molecular weight excluding hydrogens is 505 g/mol. The highest BCUT2D eigenvalue weighted by molar-refractivity contribution is 7.93. The van der Waals surface area contributed by atoms with Crippen LogP contribution in [-0.4, -0.2) is 26.8 Å². The number of hydrogen-bond donors (Lipinski definition) is 4. The van der Waals surface area contributed by atoms with Crippen molar-refractivity contribution in [1.82, 2.24) is 9.97 Å². The van der Waals surface area contributed by atoms with Crippen LogP contribution in [0.1, 0.15) is 11.1 Å². The van der Waals surface area contributed by atoms with Gasteiger partial charge in [-0.25, -0.2) is 26.8 Å². The van der Waals surface area contributed by atoms with E-state index in [0.29, 0.717) is 22.5 Å². The fraction of sp³-hybridized carbons (Fsp3) is 0.0526. The van der Waals surface area contributed by atoms with Gasteiger partial charge in [-0.05, 0) is 47.5 Å². The monoisotopic (exact) mass is 522 g/mol. The molecule has 0 aliphatic heterocycles. The first-order valence-corrected chi connectivity index (χ1v) is 14.0. The van der Waals surface area contributed by atoms with Crippen LogP contribution in [0.25, 0.3) is 0 Å². The van der Waals surface area contributed by atoms with Gasteiger partial charge < -0.3 is 11.5 Å². The van der Waals surface area contributed by atoms with Crippen LogP contribution >= 0.6 is 22.7 Å². The van der Waals surface area contributed by atoms with Crippen LogP contribution in [0.4, 0.5) is 21.6 Å². The van der Waals surface area contributed by atoms with E-state index in [4.69, 9.17) is 11.5 Å². The predicted octanol–water partition coefficient (Wildman–Crippen LogP) is 2.96. The molecule has 0 saturated heterocycles. The van der Waals surface area contributed by atoms with Crippen LogP contribution < -0.4 is 20.9 Å². The number of sulfonamides is 2. The number of nitrogens with zero attached hydrogens (tertiary/aromatic N) is 2. The number of nitrogen functional groups attached to an aromatic ring is 2. The molecule has 0 atom stereocenters. The van der Waals surface area contributed by atoms with E-state index in [0.717, 1.165) is 22.7 Å². The van der Waals surface area contributed by atoms with Gasteiger partial charge in [0.25, 0.3) is 20.0 Å². The highest BCUT2D eigenvalue weighted by atomic mass is 32.2. The van der Waals surface area contributed by atoms with Gasteiger partial charge in [0.1, 0.15) is 0 Å². The van der Waals surface area contributed by atoms with E-state index in [9.17, 15) is 16.8 Å². The first-order chi connectivity index (χ1) is 15.6. The standard InChI is InChI=1S/C19H18N6O4S4/c20-16-3-1-14(32(26,27)24-18-22-5-7-30-18)10-12(16)9-13-11-15(2-4-17(13)21)33(28,29)25-19-23-6-8-31-19/h1-8,10-11H,9,20-21H2,(H,22,24)(H,23,25). The van der Waals surface area contributed by atoms with Gasteiger partial charge in [0.15, 0.2) is 10.3 Å². The topological polar surface area (TPSA) is 170 Å². The van der Waals surface area contributed by atoms with E-state index < -0.39 is 20.0 Å². The third-order valence-corrected chi connectivity index (χ3v) is 8.85. The Bertz CT molecular complexity index is 1370. The van der Waals surface area contributed by atoms with Crippen molar-refractivity contribution in [2.45, 2.75) is 16.2 Å². The minimum atomic E-state index is -3.89. The molecule has 2 aromatic carbocycles. The Morgan fingerprint density at radius 1 is 0.727 bits per heavy atom. The van der Waals surface area contributed by atoms with Crippen molar-refractivity contribution in [3.8, 4) is 0 Å². The van der Waals surface area contributed by atoms with E-state index >= 15 is 0 Å². The van der Waals surface area contributed by atoms with E-state index in [1.54, 1.807) is 10.8 Å². The molecule has 14 heteroatoms. The maximum Gasteiger partial charge on any atom is 0.263 e. The molecule has 0 aliphatic carbocycles. The molecule has 6 N–H and O–H groups in total. The normalized spacial score (nSPS) is 11.9. The average Bonchev–Trinajstić information content (AvgIpc) is 3.44. The molecule has 33 heavy (non-hydrogen) atoms. The first kappa shape index (κ1) is 23.0. The van der Waals surface area contributed by atoms with E-state index in [1.807, 2.05) is 0 Å².